The third-order valence-electron chi connectivity index (χ3n) is 3.62. The van der Waals surface area contributed by atoms with Gasteiger partial charge in [-0.3, -0.25) is 9.59 Å². The van der Waals surface area contributed by atoms with E-state index in [0.717, 1.165) is 11.1 Å². The number of ether oxygens (including phenoxy) is 2. The van der Waals surface area contributed by atoms with E-state index in [0.29, 0.717) is 6.42 Å². The molecule has 0 N–H and O–H groups in total. The Balaban J connectivity index is 3.05. The van der Waals surface area contributed by atoms with Gasteiger partial charge in [0, 0.05) is 0 Å². The molecule has 1 rings (SSSR count). The number of allylic oxidation sites excluding steroid dienone is 4. The normalized spacial score (nSPS) is 26.6. The van der Waals surface area contributed by atoms with E-state index in [4.69, 9.17) is 9.47 Å². The molecule has 0 heterocycles. The van der Waals surface area contributed by atoms with Crippen LogP contribution in [0, 0.1) is 11.3 Å². The van der Waals surface area contributed by atoms with Gasteiger partial charge in [-0.2, -0.15) is 0 Å². The molecule has 1 aliphatic carbocycles. The molecular formula is C15H20O4. The van der Waals surface area contributed by atoms with E-state index < -0.39 is 11.3 Å². The van der Waals surface area contributed by atoms with Gasteiger partial charge in [0.2, 0.25) is 0 Å². The van der Waals surface area contributed by atoms with Crippen molar-refractivity contribution >= 4 is 11.9 Å². The lowest BCUT2D eigenvalue weighted by molar-refractivity contribution is -0.151. The van der Waals surface area contributed by atoms with Crippen molar-refractivity contribution in [2.24, 2.45) is 11.3 Å². The topological polar surface area (TPSA) is 52.6 Å². The molecule has 2 unspecified atom stereocenters. The molecule has 4 nitrogen and oxygen atoms in total. The zero-order valence-corrected chi connectivity index (χ0v) is 11.9. The molecule has 1 aliphatic rings. The van der Waals surface area contributed by atoms with Gasteiger partial charge in [0.15, 0.2) is 0 Å². The maximum absolute atomic E-state index is 12.0. The van der Waals surface area contributed by atoms with Gasteiger partial charge in [-0.25, -0.2) is 0 Å². The maximum Gasteiger partial charge on any atom is 0.316 e. The lowest BCUT2D eigenvalue weighted by atomic mass is 9.93. The minimum absolute atomic E-state index is 0.373. The lowest BCUT2D eigenvalue weighted by Gasteiger charge is -2.14. The highest BCUT2D eigenvalue weighted by Crippen LogP contribution is 2.59. The lowest BCUT2D eigenvalue weighted by Crippen LogP contribution is -2.24. The van der Waals surface area contributed by atoms with Crippen LogP contribution in [0.5, 0.6) is 0 Å². The summed E-state index contributed by atoms with van der Waals surface area (Å²) in [5, 5.41) is 0. The SMILES string of the molecule is C=C/C(C)=C\C=C(/C)C1(C(=O)OC)CC1C(=O)OC. The molecule has 0 aliphatic heterocycles. The van der Waals surface area contributed by atoms with Crippen LogP contribution >= 0.6 is 0 Å². The second-order valence-corrected chi connectivity index (χ2v) is 4.71. The van der Waals surface area contributed by atoms with Crippen molar-refractivity contribution in [2.75, 3.05) is 14.2 Å². The Morgan fingerprint density at radius 2 is 1.84 bits per heavy atom. The van der Waals surface area contributed by atoms with Crippen molar-refractivity contribution in [3.8, 4) is 0 Å². The zero-order valence-electron chi connectivity index (χ0n) is 11.9. The van der Waals surface area contributed by atoms with Gasteiger partial charge < -0.3 is 9.47 Å². The first kappa shape index (κ1) is 15.2. The molecule has 0 aromatic carbocycles. The van der Waals surface area contributed by atoms with Crippen LogP contribution in [-0.4, -0.2) is 26.2 Å². The van der Waals surface area contributed by atoms with Gasteiger partial charge in [-0.1, -0.05) is 36.0 Å². The van der Waals surface area contributed by atoms with Crippen LogP contribution in [0.2, 0.25) is 0 Å². The molecule has 1 saturated carbocycles. The van der Waals surface area contributed by atoms with Gasteiger partial charge in [0.05, 0.1) is 20.1 Å². The van der Waals surface area contributed by atoms with Crippen molar-refractivity contribution in [1.29, 1.82) is 0 Å². The average Bonchev–Trinajstić information content (AvgIpc) is 3.19. The van der Waals surface area contributed by atoms with Crippen molar-refractivity contribution in [3.63, 3.8) is 0 Å². The zero-order chi connectivity index (χ0) is 14.6. The summed E-state index contributed by atoms with van der Waals surface area (Å²) in [5.41, 5.74) is 0.922. The largest absolute Gasteiger partial charge is 0.469 e. The fraction of sp³-hybridized carbons (Fsp3) is 0.467. The van der Waals surface area contributed by atoms with E-state index >= 15 is 0 Å². The minimum atomic E-state index is -0.861. The summed E-state index contributed by atoms with van der Waals surface area (Å²) in [7, 11) is 2.65. The third kappa shape index (κ3) is 2.78. The number of hydrogen-bond acceptors (Lipinski definition) is 4. The number of carbonyl (C=O) groups excluding carboxylic acids is 2. The molecule has 0 amide bonds. The Labute approximate surface area is 113 Å². The molecule has 4 heteroatoms. The highest BCUT2D eigenvalue weighted by molar-refractivity contribution is 5.94. The van der Waals surface area contributed by atoms with Gasteiger partial charge in [0.1, 0.15) is 5.41 Å². The predicted octanol–water partition coefficient (Wildman–Crippen LogP) is 2.42. The van der Waals surface area contributed by atoms with E-state index in [9.17, 15) is 9.59 Å². The number of rotatable bonds is 5. The molecule has 0 aromatic heterocycles. The highest BCUT2D eigenvalue weighted by atomic mass is 16.5. The summed E-state index contributed by atoms with van der Waals surface area (Å²) >= 11 is 0. The van der Waals surface area contributed by atoms with Crippen molar-refractivity contribution < 1.29 is 19.1 Å². The summed E-state index contributed by atoms with van der Waals surface area (Å²) in [6, 6.07) is 0. The van der Waals surface area contributed by atoms with Crippen LogP contribution in [0.1, 0.15) is 20.3 Å². The molecule has 0 spiro atoms. The Morgan fingerprint density at radius 1 is 1.21 bits per heavy atom. The van der Waals surface area contributed by atoms with Crippen LogP contribution < -0.4 is 0 Å². The van der Waals surface area contributed by atoms with Crippen LogP contribution in [0.3, 0.4) is 0 Å². The quantitative estimate of drug-likeness (QED) is 0.565. The molecule has 0 saturated heterocycles. The van der Waals surface area contributed by atoms with Gasteiger partial charge in [-0.15, -0.1) is 0 Å². The average molecular weight is 264 g/mol. The van der Waals surface area contributed by atoms with E-state index in [1.807, 2.05) is 26.0 Å². The monoisotopic (exact) mass is 264 g/mol. The first-order valence-electron chi connectivity index (χ1n) is 6.08. The fourth-order valence-corrected chi connectivity index (χ4v) is 2.17. The second kappa shape index (κ2) is 5.87. The number of hydrogen-bond donors (Lipinski definition) is 0. The first-order valence-corrected chi connectivity index (χ1v) is 6.08. The second-order valence-electron chi connectivity index (χ2n) is 4.71. The Hall–Kier alpha value is -1.84. The summed E-state index contributed by atoms with van der Waals surface area (Å²) in [6.07, 6.45) is 5.85. The number of esters is 2. The number of methoxy groups -OCH3 is 2. The summed E-state index contributed by atoms with van der Waals surface area (Å²) in [6.45, 7) is 7.40. The molecular weight excluding hydrogens is 244 g/mol. The molecule has 1 fully saturated rings. The summed E-state index contributed by atoms with van der Waals surface area (Å²) in [4.78, 5) is 23.6. The van der Waals surface area contributed by atoms with Crippen LogP contribution in [0.4, 0.5) is 0 Å². The van der Waals surface area contributed by atoms with Gasteiger partial charge in [-0.05, 0) is 20.3 Å². The Morgan fingerprint density at radius 3 is 2.32 bits per heavy atom. The molecule has 2 atom stereocenters. The van der Waals surface area contributed by atoms with E-state index in [2.05, 4.69) is 6.58 Å². The molecule has 0 bridgehead atoms. The standard InChI is InChI=1S/C15H20O4/c1-6-10(2)7-8-11(3)15(14(17)19-5)9-12(15)13(16)18-4/h6-8,12H,1,9H2,2-5H3/b10-7-,11-8+. The Bertz CT molecular complexity index is 459. The molecule has 104 valence electrons. The first-order chi connectivity index (χ1) is 8.93. The van der Waals surface area contributed by atoms with Crippen LogP contribution in [0.15, 0.2) is 36.0 Å². The van der Waals surface area contributed by atoms with Crippen LogP contribution in [0.25, 0.3) is 0 Å². The maximum atomic E-state index is 12.0. The minimum Gasteiger partial charge on any atom is -0.469 e. The highest BCUT2D eigenvalue weighted by Gasteiger charge is 2.66. The van der Waals surface area contributed by atoms with Crippen molar-refractivity contribution in [2.45, 2.75) is 20.3 Å². The van der Waals surface area contributed by atoms with E-state index in [1.165, 1.54) is 14.2 Å². The Kier molecular flexibility index (Phi) is 4.70. The predicted molar refractivity (Wildman–Crippen MR) is 72.3 cm³/mol. The molecule has 0 radical (unpaired) electrons. The molecule has 19 heavy (non-hydrogen) atoms. The third-order valence-corrected chi connectivity index (χ3v) is 3.62. The van der Waals surface area contributed by atoms with Crippen molar-refractivity contribution in [3.05, 3.63) is 36.0 Å². The molecule has 0 aromatic rings. The van der Waals surface area contributed by atoms with Crippen LogP contribution in [-0.2, 0) is 19.1 Å². The van der Waals surface area contributed by atoms with Gasteiger partial charge >= 0.3 is 11.9 Å². The summed E-state index contributed by atoms with van der Waals surface area (Å²) in [5.74, 6) is -1.21. The van der Waals surface area contributed by atoms with E-state index in [1.54, 1.807) is 6.08 Å². The number of carbonyl (C=O) groups is 2. The van der Waals surface area contributed by atoms with Crippen molar-refractivity contribution in [1.82, 2.24) is 0 Å². The van der Waals surface area contributed by atoms with E-state index in [-0.39, 0.29) is 11.9 Å². The summed E-state index contributed by atoms with van der Waals surface area (Å²) < 4.78 is 9.54. The smallest absolute Gasteiger partial charge is 0.316 e. The fourth-order valence-electron chi connectivity index (χ4n) is 2.17. The van der Waals surface area contributed by atoms with Gasteiger partial charge in [0.25, 0.3) is 0 Å².